The minimum absolute atomic E-state index is 0.217. The number of nitrogens with zero attached hydrogens (tertiary/aromatic N) is 2. The normalized spacial score (nSPS) is 30.0. The van der Waals surface area contributed by atoms with Gasteiger partial charge < -0.3 is 10.0 Å². The molecule has 2 atom stereocenters. The molecule has 5 nitrogen and oxygen atoms in total. The van der Waals surface area contributed by atoms with E-state index in [0.717, 1.165) is 25.7 Å². The zero-order chi connectivity index (χ0) is 15.1. The molecule has 0 aromatic carbocycles. The smallest absolute Gasteiger partial charge is 0.179 e. The largest absolute Gasteiger partial charge is 0.389 e. The number of aliphatic hydroxyl groups is 1. The first-order chi connectivity index (χ1) is 9.90. The zero-order valence-electron chi connectivity index (χ0n) is 12.3. The fourth-order valence-electron chi connectivity index (χ4n) is 3.67. The molecule has 0 radical (unpaired) electrons. The summed E-state index contributed by atoms with van der Waals surface area (Å²) in [6.45, 7) is 1.35. The maximum Gasteiger partial charge on any atom is 0.179 e. The molecule has 2 fully saturated rings. The van der Waals surface area contributed by atoms with Crippen LogP contribution in [-0.2, 0) is 9.84 Å². The van der Waals surface area contributed by atoms with Gasteiger partial charge in [0.2, 0.25) is 0 Å². The summed E-state index contributed by atoms with van der Waals surface area (Å²) in [5.41, 5.74) is -0.561. The van der Waals surface area contributed by atoms with Gasteiger partial charge >= 0.3 is 0 Å². The number of piperidine rings is 1. The zero-order valence-corrected chi connectivity index (χ0v) is 13.1. The van der Waals surface area contributed by atoms with Crippen molar-refractivity contribution in [3.05, 3.63) is 18.3 Å². The predicted octanol–water partition coefficient (Wildman–Crippen LogP) is 1.62. The Balaban J connectivity index is 1.90. The second-order valence-corrected chi connectivity index (χ2v) is 8.32. The number of pyridine rings is 1. The van der Waals surface area contributed by atoms with Crippen LogP contribution in [0.1, 0.15) is 32.1 Å². The van der Waals surface area contributed by atoms with Crippen LogP contribution in [0.4, 0.5) is 5.82 Å². The lowest BCUT2D eigenvalue weighted by molar-refractivity contribution is -0.0614. The average molecular weight is 310 g/mol. The molecule has 6 heteroatoms. The van der Waals surface area contributed by atoms with Crippen LogP contribution in [0, 0.1) is 5.92 Å². The Morgan fingerprint density at radius 3 is 2.95 bits per heavy atom. The number of fused-ring (bicyclic) bond motifs is 1. The van der Waals surface area contributed by atoms with Gasteiger partial charge in [-0.2, -0.15) is 0 Å². The number of hydrogen-bond donors (Lipinski definition) is 1. The van der Waals surface area contributed by atoms with Crippen molar-refractivity contribution < 1.29 is 13.5 Å². The second-order valence-electron chi connectivity index (χ2n) is 6.34. The molecule has 0 amide bonds. The van der Waals surface area contributed by atoms with Crippen LogP contribution < -0.4 is 4.90 Å². The molecule has 1 aliphatic carbocycles. The lowest BCUT2D eigenvalue weighted by Gasteiger charge is -2.47. The van der Waals surface area contributed by atoms with Crippen LogP contribution in [-0.4, -0.2) is 43.5 Å². The van der Waals surface area contributed by atoms with Crippen LogP contribution in [0.15, 0.2) is 23.2 Å². The van der Waals surface area contributed by atoms with E-state index in [0.29, 0.717) is 25.3 Å². The standard InChI is InChI=1S/C15H22N2O3S/c1-21(19,20)13-6-4-9-16-14(13)17-10-8-15(18)7-3-2-5-12(15)11-17/h4,6,9,12,18H,2-3,5,7-8,10-11H2,1H3. The highest BCUT2D eigenvalue weighted by Crippen LogP contribution is 2.41. The molecule has 1 N–H and O–H groups in total. The van der Waals surface area contributed by atoms with Crippen LogP contribution in [0.3, 0.4) is 0 Å². The summed E-state index contributed by atoms with van der Waals surface area (Å²) in [6.07, 6.45) is 7.64. The molecular formula is C15H22N2O3S. The second kappa shape index (κ2) is 5.25. The van der Waals surface area contributed by atoms with Gasteiger partial charge in [-0.25, -0.2) is 13.4 Å². The number of sulfone groups is 1. The van der Waals surface area contributed by atoms with E-state index in [1.807, 2.05) is 4.90 Å². The fourth-order valence-corrected chi connectivity index (χ4v) is 4.51. The molecule has 1 aliphatic heterocycles. The van der Waals surface area contributed by atoms with Gasteiger partial charge in [-0.1, -0.05) is 12.8 Å². The lowest BCUT2D eigenvalue weighted by atomic mass is 9.71. The molecule has 1 saturated heterocycles. The lowest BCUT2D eigenvalue weighted by Crippen LogP contribution is -2.53. The maximum absolute atomic E-state index is 11.9. The highest BCUT2D eigenvalue weighted by molar-refractivity contribution is 7.90. The SMILES string of the molecule is CS(=O)(=O)c1cccnc1N1CCC2(O)CCCCC2C1. The highest BCUT2D eigenvalue weighted by atomic mass is 32.2. The van der Waals surface area contributed by atoms with Crippen molar-refractivity contribution in [1.82, 2.24) is 4.98 Å². The Morgan fingerprint density at radius 2 is 2.19 bits per heavy atom. The van der Waals surface area contributed by atoms with Crippen molar-refractivity contribution in [2.24, 2.45) is 5.92 Å². The minimum atomic E-state index is -3.29. The molecule has 1 aromatic heterocycles. The van der Waals surface area contributed by atoms with Gasteiger partial charge in [0.15, 0.2) is 9.84 Å². The molecule has 2 heterocycles. The number of anilines is 1. The quantitative estimate of drug-likeness (QED) is 0.899. The third-order valence-corrected chi connectivity index (χ3v) is 6.00. The van der Waals surface area contributed by atoms with Crippen molar-refractivity contribution in [2.75, 3.05) is 24.2 Å². The van der Waals surface area contributed by atoms with Crippen molar-refractivity contribution in [2.45, 2.75) is 42.6 Å². The first-order valence-corrected chi connectivity index (χ1v) is 9.42. The maximum atomic E-state index is 11.9. The van der Waals surface area contributed by atoms with Crippen molar-refractivity contribution in [1.29, 1.82) is 0 Å². The average Bonchev–Trinajstić information content (AvgIpc) is 2.45. The van der Waals surface area contributed by atoms with E-state index in [1.165, 1.54) is 6.26 Å². The Kier molecular flexibility index (Phi) is 3.69. The van der Waals surface area contributed by atoms with E-state index >= 15 is 0 Å². The topological polar surface area (TPSA) is 70.5 Å². The van der Waals surface area contributed by atoms with E-state index in [4.69, 9.17) is 0 Å². The summed E-state index contributed by atoms with van der Waals surface area (Å²) >= 11 is 0. The molecule has 2 unspecified atom stereocenters. The monoisotopic (exact) mass is 310 g/mol. The molecule has 0 bridgehead atoms. The van der Waals surface area contributed by atoms with E-state index < -0.39 is 15.4 Å². The molecule has 2 aliphatic rings. The van der Waals surface area contributed by atoms with Crippen molar-refractivity contribution in [3.63, 3.8) is 0 Å². The van der Waals surface area contributed by atoms with Gasteiger partial charge in [0.25, 0.3) is 0 Å². The van der Waals surface area contributed by atoms with E-state index in [-0.39, 0.29) is 10.8 Å². The minimum Gasteiger partial charge on any atom is -0.389 e. The van der Waals surface area contributed by atoms with Crippen LogP contribution in [0.25, 0.3) is 0 Å². The Morgan fingerprint density at radius 1 is 1.38 bits per heavy atom. The number of rotatable bonds is 2. The third kappa shape index (κ3) is 2.79. The Labute approximate surface area is 125 Å². The summed E-state index contributed by atoms with van der Waals surface area (Å²) in [5, 5.41) is 10.7. The van der Waals surface area contributed by atoms with Gasteiger partial charge in [0.05, 0.1) is 5.60 Å². The van der Waals surface area contributed by atoms with E-state index in [1.54, 1.807) is 18.3 Å². The first-order valence-electron chi connectivity index (χ1n) is 7.52. The van der Waals surface area contributed by atoms with Crippen molar-refractivity contribution in [3.8, 4) is 0 Å². The molecular weight excluding hydrogens is 288 g/mol. The fraction of sp³-hybridized carbons (Fsp3) is 0.667. The van der Waals surface area contributed by atoms with Crippen molar-refractivity contribution >= 4 is 15.7 Å². The number of hydrogen-bond acceptors (Lipinski definition) is 5. The molecule has 0 spiro atoms. The van der Waals surface area contributed by atoms with Gasteiger partial charge in [-0.05, 0) is 31.4 Å². The number of aromatic nitrogens is 1. The molecule has 3 rings (SSSR count). The molecule has 1 aromatic rings. The Hall–Kier alpha value is -1.14. The van der Waals surface area contributed by atoms with Crippen LogP contribution in [0.2, 0.25) is 0 Å². The molecule has 1 saturated carbocycles. The summed E-state index contributed by atoms with van der Waals surface area (Å²) in [7, 11) is -3.29. The van der Waals surface area contributed by atoms with Crippen LogP contribution >= 0.6 is 0 Å². The summed E-state index contributed by atoms with van der Waals surface area (Å²) in [5.74, 6) is 0.752. The molecule has 21 heavy (non-hydrogen) atoms. The van der Waals surface area contributed by atoms with Gasteiger partial charge in [-0.15, -0.1) is 0 Å². The predicted molar refractivity (Wildman–Crippen MR) is 81.1 cm³/mol. The summed E-state index contributed by atoms with van der Waals surface area (Å²) in [4.78, 5) is 6.61. The van der Waals surface area contributed by atoms with Crippen LogP contribution in [0.5, 0.6) is 0 Å². The Bertz CT molecular complexity index is 632. The van der Waals surface area contributed by atoms with Gasteiger partial charge in [0.1, 0.15) is 10.7 Å². The first kappa shape index (κ1) is 14.8. The summed E-state index contributed by atoms with van der Waals surface area (Å²) < 4.78 is 23.9. The third-order valence-electron chi connectivity index (χ3n) is 4.88. The van der Waals surface area contributed by atoms with E-state index in [2.05, 4.69) is 4.98 Å². The highest BCUT2D eigenvalue weighted by Gasteiger charge is 2.43. The summed E-state index contributed by atoms with van der Waals surface area (Å²) in [6, 6.07) is 3.26. The van der Waals surface area contributed by atoms with Gasteiger partial charge in [-0.3, -0.25) is 0 Å². The molecule has 116 valence electrons. The van der Waals surface area contributed by atoms with E-state index in [9.17, 15) is 13.5 Å². The van der Waals surface area contributed by atoms with Gasteiger partial charge in [0, 0.05) is 31.5 Å².